The van der Waals surface area contributed by atoms with Crippen LogP contribution >= 0.6 is 0 Å². The summed E-state index contributed by atoms with van der Waals surface area (Å²) in [7, 11) is 0. The van der Waals surface area contributed by atoms with E-state index in [2.05, 4.69) is 9.72 Å². The summed E-state index contributed by atoms with van der Waals surface area (Å²) in [6.07, 6.45) is 1.11. The minimum Gasteiger partial charge on any atom is -0.395 e. The predicted octanol–water partition coefficient (Wildman–Crippen LogP) is 0.0941. The van der Waals surface area contributed by atoms with Crippen molar-refractivity contribution >= 4 is 17.9 Å². The molecule has 0 N–H and O–H groups in total. The maximum Gasteiger partial charge on any atom is 0.378 e. The summed E-state index contributed by atoms with van der Waals surface area (Å²) in [6.45, 7) is 0. The smallest absolute Gasteiger partial charge is 0.378 e. The highest BCUT2D eigenvalue weighted by molar-refractivity contribution is 6.21. The Morgan fingerprint density at radius 2 is 2.36 bits per heavy atom. The van der Waals surface area contributed by atoms with Crippen LogP contribution in [0.1, 0.15) is 0 Å². The summed E-state index contributed by atoms with van der Waals surface area (Å²) in [5.41, 5.74) is -0.470. The zero-order valence-electron chi connectivity index (χ0n) is 6.75. The molecule has 0 aliphatic carbocycles. The maximum absolute atomic E-state index is 10.5. The van der Waals surface area contributed by atoms with E-state index >= 15 is 0 Å². The van der Waals surface area contributed by atoms with Gasteiger partial charge in [-0.05, 0) is 6.07 Å². The van der Waals surface area contributed by atoms with Crippen LogP contribution in [0.3, 0.4) is 0 Å². The minimum atomic E-state index is -1.23. The fraction of sp³-hybridized carbons (Fsp3) is 0. The van der Waals surface area contributed by atoms with Gasteiger partial charge in [0.2, 0.25) is 6.29 Å². The number of esters is 1. The number of aromatic nitrogens is 1. The molecule has 0 saturated heterocycles. The van der Waals surface area contributed by atoms with Gasteiger partial charge in [0.05, 0.1) is 4.92 Å². The van der Waals surface area contributed by atoms with Crippen LogP contribution in [-0.4, -0.2) is 22.2 Å². The molecular weight excluding hydrogens is 192 g/mol. The SMILES string of the molecule is O=CC(=O)Oc1ncccc1[N+](=O)[O-]. The number of nitrogens with zero attached hydrogens (tertiary/aromatic N) is 2. The number of hydrogen-bond acceptors (Lipinski definition) is 6. The zero-order chi connectivity index (χ0) is 10.6. The van der Waals surface area contributed by atoms with Crippen molar-refractivity contribution in [2.45, 2.75) is 0 Å². The number of pyridine rings is 1. The molecule has 1 aromatic rings. The number of ether oxygens (including phenoxy) is 1. The first kappa shape index (κ1) is 9.78. The molecule has 7 nitrogen and oxygen atoms in total. The number of carbonyl (C=O) groups is 2. The van der Waals surface area contributed by atoms with E-state index in [1.54, 1.807) is 0 Å². The van der Waals surface area contributed by atoms with Crippen molar-refractivity contribution in [1.29, 1.82) is 0 Å². The first-order valence-corrected chi connectivity index (χ1v) is 3.41. The van der Waals surface area contributed by atoms with Crippen LogP contribution in [0.4, 0.5) is 5.69 Å². The van der Waals surface area contributed by atoms with Gasteiger partial charge < -0.3 is 4.74 Å². The third-order valence-electron chi connectivity index (χ3n) is 1.24. The molecule has 0 spiro atoms. The standard InChI is InChI=1S/C7H4N2O5/c10-4-6(11)14-7-5(9(12)13)2-1-3-8-7/h1-4H. The number of aldehydes is 1. The number of carbonyl (C=O) groups excluding carboxylic acids is 2. The Balaban J connectivity index is 3.01. The molecule has 0 aromatic carbocycles. The van der Waals surface area contributed by atoms with Crippen LogP contribution in [0, 0.1) is 10.1 Å². The van der Waals surface area contributed by atoms with E-state index < -0.39 is 22.5 Å². The first-order chi connectivity index (χ1) is 6.65. The quantitative estimate of drug-likeness (QED) is 0.223. The van der Waals surface area contributed by atoms with Crippen molar-refractivity contribution in [3.63, 3.8) is 0 Å². The van der Waals surface area contributed by atoms with E-state index in [1.807, 2.05) is 0 Å². The number of nitro groups is 1. The molecular formula is C7H4N2O5. The predicted molar refractivity (Wildman–Crippen MR) is 42.6 cm³/mol. The third-order valence-corrected chi connectivity index (χ3v) is 1.24. The van der Waals surface area contributed by atoms with Crippen LogP contribution in [-0.2, 0) is 9.59 Å². The summed E-state index contributed by atoms with van der Waals surface area (Å²) >= 11 is 0. The Kier molecular flexibility index (Phi) is 2.85. The Morgan fingerprint density at radius 3 is 2.93 bits per heavy atom. The van der Waals surface area contributed by atoms with Gasteiger partial charge in [0, 0.05) is 12.3 Å². The second-order valence-electron chi connectivity index (χ2n) is 2.12. The maximum atomic E-state index is 10.5. The van der Waals surface area contributed by atoms with E-state index in [1.165, 1.54) is 12.3 Å². The molecule has 0 aliphatic rings. The van der Waals surface area contributed by atoms with Gasteiger partial charge in [-0.25, -0.2) is 9.78 Å². The van der Waals surface area contributed by atoms with Gasteiger partial charge in [-0.2, -0.15) is 0 Å². The van der Waals surface area contributed by atoms with Gasteiger partial charge in [-0.15, -0.1) is 0 Å². The van der Waals surface area contributed by atoms with Gasteiger partial charge in [-0.3, -0.25) is 14.9 Å². The summed E-state index contributed by atoms with van der Waals surface area (Å²) < 4.78 is 4.30. The molecule has 7 heteroatoms. The number of hydrogen-bond donors (Lipinski definition) is 0. The van der Waals surface area contributed by atoms with Gasteiger partial charge in [0.15, 0.2) is 0 Å². The monoisotopic (exact) mass is 196 g/mol. The molecule has 0 unspecified atom stereocenters. The minimum absolute atomic E-state index is 0.0988. The van der Waals surface area contributed by atoms with Gasteiger partial charge in [0.25, 0.3) is 0 Å². The van der Waals surface area contributed by atoms with Crippen LogP contribution < -0.4 is 4.74 Å². The fourth-order valence-electron chi connectivity index (χ4n) is 0.719. The second kappa shape index (κ2) is 4.08. The Labute approximate surface area is 77.5 Å². The normalized spacial score (nSPS) is 9.14. The molecule has 0 radical (unpaired) electrons. The van der Waals surface area contributed by atoms with Crippen molar-refractivity contribution in [3.05, 3.63) is 28.4 Å². The molecule has 1 heterocycles. The third kappa shape index (κ3) is 2.09. The summed E-state index contributed by atoms with van der Waals surface area (Å²) in [6, 6.07) is 2.43. The highest BCUT2D eigenvalue weighted by Gasteiger charge is 2.18. The first-order valence-electron chi connectivity index (χ1n) is 3.41. The summed E-state index contributed by atoms with van der Waals surface area (Å²) in [5.74, 6) is -1.72. The molecule has 72 valence electrons. The van der Waals surface area contributed by atoms with Crippen molar-refractivity contribution in [2.75, 3.05) is 0 Å². The van der Waals surface area contributed by atoms with E-state index in [0.29, 0.717) is 0 Å². The van der Waals surface area contributed by atoms with E-state index in [9.17, 15) is 19.7 Å². The molecule has 0 atom stereocenters. The lowest BCUT2D eigenvalue weighted by Gasteiger charge is -1.98. The van der Waals surface area contributed by atoms with E-state index in [4.69, 9.17) is 0 Å². The fourth-order valence-corrected chi connectivity index (χ4v) is 0.719. The van der Waals surface area contributed by atoms with Crippen molar-refractivity contribution < 1.29 is 19.2 Å². The zero-order valence-corrected chi connectivity index (χ0v) is 6.75. The molecule has 0 amide bonds. The lowest BCUT2D eigenvalue weighted by molar-refractivity contribution is -0.386. The van der Waals surface area contributed by atoms with E-state index in [-0.39, 0.29) is 6.29 Å². The lowest BCUT2D eigenvalue weighted by atomic mass is 10.4. The van der Waals surface area contributed by atoms with Crippen LogP contribution in [0.25, 0.3) is 0 Å². The van der Waals surface area contributed by atoms with Crippen molar-refractivity contribution in [2.24, 2.45) is 0 Å². The van der Waals surface area contributed by atoms with E-state index in [0.717, 1.165) is 6.07 Å². The Morgan fingerprint density at radius 1 is 1.64 bits per heavy atom. The van der Waals surface area contributed by atoms with Crippen molar-refractivity contribution in [3.8, 4) is 5.88 Å². The average Bonchev–Trinajstić information content (AvgIpc) is 2.18. The van der Waals surface area contributed by atoms with Gasteiger partial charge in [-0.1, -0.05) is 0 Å². The average molecular weight is 196 g/mol. The highest BCUT2D eigenvalue weighted by atomic mass is 16.6. The molecule has 14 heavy (non-hydrogen) atoms. The highest BCUT2D eigenvalue weighted by Crippen LogP contribution is 2.22. The second-order valence-corrected chi connectivity index (χ2v) is 2.12. The molecule has 0 bridgehead atoms. The summed E-state index contributed by atoms with van der Waals surface area (Å²) in [5, 5.41) is 10.4. The van der Waals surface area contributed by atoms with Crippen LogP contribution in [0.5, 0.6) is 5.88 Å². The molecule has 1 rings (SSSR count). The molecule has 0 saturated carbocycles. The molecule has 1 aromatic heterocycles. The number of rotatable bonds is 3. The Hall–Kier alpha value is -2.31. The van der Waals surface area contributed by atoms with Gasteiger partial charge >= 0.3 is 17.5 Å². The molecule has 0 aliphatic heterocycles. The van der Waals surface area contributed by atoms with Gasteiger partial charge in [0.1, 0.15) is 0 Å². The topological polar surface area (TPSA) is 99.4 Å². The van der Waals surface area contributed by atoms with Crippen LogP contribution in [0.15, 0.2) is 18.3 Å². The van der Waals surface area contributed by atoms with Crippen molar-refractivity contribution in [1.82, 2.24) is 4.98 Å². The lowest BCUT2D eigenvalue weighted by Crippen LogP contribution is -2.10. The largest absolute Gasteiger partial charge is 0.395 e. The summed E-state index contributed by atoms with van der Waals surface area (Å²) in [4.78, 5) is 33.5. The molecule has 0 fully saturated rings. The Bertz CT molecular complexity index is 389. The van der Waals surface area contributed by atoms with Crippen LogP contribution in [0.2, 0.25) is 0 Å².